The minimum absolute atomic E-state index is 0.0420. The van der Waals surface area contributed by atoms with Crippen molar-refractivity contribution in [3.05, 3.63) is 39.0 Å². The fraction of sp³-hybridized carbons (Fsp3) is 0.167. The van der Waals surface area contributed by atoms with Crippen LogP contribution in [0.1, 0.15) is 5.69 Å². The number of methoxy groups -OCH3 is 1. The van der Waals surface area contributed by atoms with E-state index in [4.69, 9.17) is 9.84 Å². The van der Waals surface area contributed by atoms with Crippen molar-refractivity contribution in [1.29, 1.82) is 0 Å². The molecule has 1 aromatic heterocycles. The highest BCUT2D eigenvalue weighted by Gasteiger charge is 2.18. The number of hydrogen-bond acceptors (Lipinski definition) is 4. The average molecular weight is 440 g/mol. The number of ether oxygens (including phenoxy) is 1. The van der Waals surface area contributed by atoms with Gasteiger partial charge in [-0.3, -0.25) is 4.72 Å². The number of H-pyrrole nitrogens is 1. The SMILES string of the molecule is COc1cc(NS(=O)(=O)c2c[nH]c(CO)c2)c(Br)cc1Br. The lowest BCUT2D eigenvalue weighted by molar-refractivity contribution is 0.277. The second-order valence-corrected chi connectivity index (χ2v) is 7.48. The van der Waals surface area contributed by atoms with Crippen molar-refractivity contribution < 1.29 is 18.3 Å². The van der Waals surface area contributed by atoms with Gasteiger partial charge >= 0.3 is 0 Å². The number of aromatic amines is 1. The Morgan fingerprint density at radius 1 is 1.29 bits per heavy atom. The molecule has 0 unspecified atom stereocenters. The summed E-state index contributed by atoms with van der Waals surface area (Å²) in [5.74, 6) is 0.501. The zero-order valence-electron chi connectivity index (χ0n) is 10.9. The highest BCUT2D eigenvalue weighted by Crippen LogP contribution is 2.35. The second kappa shape index (κ2) is 6.39. The molecule has 0 aliphatic rings. The van der Waals surface area contributed by atoms with E-state index in [9.17, 15) is 8.42 Å². The van der Waals surface area contributed by atoms with Gasteiger partial charge in [-0.25, -0.2) is 8.42 Å². The largest absolute Gasteiger partial charge is 0.495 e. The highest BCUT2D eigenvalue weighted by atomic mass is 79.9. The monoisotopic (exact) mass is 438 g/mol. The Labute approximate surface area is 138 Å². The summed E-state index contributed by atoms with van der Waals surface area (Å²) in [6.45, 7) is -0.259. The van der Waals surface area contributed by atoms with Gasteiger partial charge < -0.3 is 14.8 Å². The van der Waals surface area contributed by atoms with E-state index >= 15 is 0 Å². The number of aromatic nitrogens is 1. The van der Waals surface area contributed by atoms with Gasteiger partial charge in [0.2, 0.25) is 0 Å². The minimum atomic E-state index is -3.76. The molecule has 3 N–H and O–H groups in total. The van der Waals surface area contributed by atoms with Crippen molar-refractivity contribution >= 4 is 47.6 Å². The molecule has 0 atom stereocenters. The van der Waals surface area contributed by atoms with E-state index < -0.39 is 10.0 Å². The molecule has 0 amide bonds. The molecule has 0 saturated heterocycles. The van der Waals surface area contributed by atoms with E-state index in [1.807, 2.05) is 0 Å². The molecular formula is C12H12Br2N2O4S. The van der Waals surface area contributed by atoms with Gasteiger partial charge in [0.15, 0.2) is 0 Å². The quantitative estimate of drug-likeness (QED) is 0.667. The third kappa shape index (κ3) is 3.60. The fourth-order valence-corrected chi connectivity index (χ4v) is 4.11. The molecule has 6 nitrogen and oxygen atoms in total. The molecule has 0 saturated carbocycles. The number of benzene rings is 1. The van der Waals surface area contributed by atoms with Crippen LogP contribution in [0.15, 0.2) is 38.2 Å². The van der Waals surface area contributed by atoms with E-state index in [1.165, 1.54) is 19.4 Å². The fourth-order valence-electron chi connectivity index (χ4n) is 1.63. The van der Waals surface area contributed by atoms with E-state index in [0.29, 0.717) is 26.1 Å². The molecule has 2 aromatic rings. The number of aliphatic hydroxyl groups is 1. The van der Waals surface area contributed by atoms with Crippen LogP contribution in [-0.4, -0.2) is 25.6 Å². The Balaban J connectivity index is 2.36. The van der Waals surface area contributed by atoms with Gasteiger partial charge in [0.05, 0.1) is 23.9 Å². The summed E-state index contributed by atoms with van der Waals surface area (Å²) in [6, 6.07) is 4.62. The summed E-state index contributed by atoms with van der Waals surface area (Å²) in [5, 5.41) is 8.97. The smallest absolute Gasteiger partial charge is 0.263 e. The van der Waals surface area contributed by atoms with Crippen LogP contribution >= 0.6 is 31.9 Å². The first kappa shape index (κ1) is 16.3. The maximum atomic E-state index is 12.3. The van der Waals surface area contributed by atoms with E-state index in [2.05, 4.69) is 41.6 Å². The molecule has 2 rings (SSSR count). The van der Waals surface area contributed by atoms with Gasteiger partial charge in [0, 0.05) is 22.4 Å². The zero-order valence-corrected chi connectivity index (χ0v) is 14.8. The normalized spacial score (nSPS) is 11.4. The van der Waals surface area contributed by atoms with Crippen molar-refractivity contribution in [2.24, 2.45) is 0 Å². The van der Waals surface area contributed by atoms with Crippen LogP contribution in [-0.2, 0) is 16.6 Å². The molecule has 114 valence electrons. The number of anilines is 1. The molecular weight excluding hydrogens is 428 g/mol. The van der Waals surface area contributed by atoms with Gasteiger partial charge in [-0.1, -0.05) is 0 Å². The third-order valence-electron chi connectivity index (χ3n) is 2.68. The Kier molecular flexibility index (Phi) is 4.97. The van der Waals surface area contributed by atoms with Gasteiger partial charge in [-0.05, 0) is 44.0 Å². The van der Waals surface area contributed by atoms with Crippen molar-refractivity contribution in [3.8, 4) is 5.75 Å². The van der Waals surface area contributed by atoms with Crippen LogP contribution in [0.2, 0.25) is 0 Å². The standard InChI is InChI=1S/C12H12Br2N2O4S/c1-20-12-4-11(9(13)3-10(12)14)16-21(18,19)8-2-7(6-17)15-5-8/h2-5,15-17H,6H2,1H3. The maximum absolute atomic E-state index is 12.3. The topological polar surface area (TPSA) is 91.4 Å². The van der Waals surface area contributed by atoms with Crippen molar-refractivity contribution in [3.63, 3.8) is 0 Å². The first-order valence-electron chi connectivity index (χ1n) is 5.71. The summed E-state index contributed by atoms with van der Waals surface area (Å²) < 4.78 is 33.4. The lowest BCUT2D eigenvalue weighted by Crippen LogP contribution is -2.12. The Hall–Kier alpha value is -1.03. The molecule has 0 aliphatic heterocycles. The molecule has 0 fully saturated rings. The predicted octanol–water partition coefficient (Wildman–Crippen LogP) is 2.84. The lowest BCUT2D eigenvalue weighted by atomic mass is 10.3. The highest BCUT2D eigenvalue weighted by molar-refractivity contribution is 9.11. The van der Waals surface area contributed by atoms with Gasteiger partial charge in [0.1, 0.15) is 10.6 Å². The molecule has 21 heavy (non-hydrogen) atoms. The first-order chi connectivity index (χ1) is 9.87. The number of aliphatic hydroxyl groups excluding tert-OH is 1. The van der Waals surface area contributed by atoms with Crippen LogP contribution in [0, 0.1) is 0 Å². The van der Waals surface area contributed by atoms with Crippen LogP contribution in [0.5, 0.6) is 5.75 Å². The van der Waals surface area contributed by atoms with Gasteiger partial charge in [0.25, 0.3) is 10.0 Å². The summed E-state index contributed by atoms with van der Waals surface area (Å²) in [5.41, 5.74) is 0.768. The summed E-state index contributed by atoms with van der Waals surface area (Å²) in [7, 11) is -2.26. The van der Waals surface area contributed by atoms with Gasteiger partial charge in [-0.15, -0.1) is 0 Å². The number of hydrogen-bond donors (Lipinski definition) is 3. The molecule has 1 aromatic carbocycles. The van der Waals surface area contributed by atoms with E-state index in [1.54, 1.807) is 12.1 Å². The Morgan fingerprint density at radius 3 is 2.57 bits per heavy atom. The Morgan fingerprint density at radius 2 is 2.00 bits per heavy atom. The summed E-state index contributed by atoms with van der Waals surface area (Å²) >= 11 is 6.61. The second-order valence-electron chi connectivity index (χ2n) is 4.09. The predicted molar refractivity (Wildman–Crippen MR) is 85.9 cm³/mol. The number of halogens is 2. The molecule has 0 bridgehead atoms. The van der Waals surface area contributed by atoms with E-state index in [-0.39, 0.29) is 11.5 Å². The van der Waals surface area contributed by atoms with Crippen LogP contribution in [0.25, 0.3) is 0 Å². The van der Waals surface area contributed by atoms with Crippen LogP contribution < -0.4 is 9.46 Å². The summed E-state index contributed by atoms with van der Waals surface area (Å²) in [4.78, 5) is 2.72. The zero-order chi connectivity index (χ0) is 15.6. The third-order valence-corrected chi connectivity index (χ3v) is 5.30. The number of sulfonamides is 1. The molecule has 0 spiro atoms. The molecule has 1 heterocycles. The Bertz CT molecular complexity index is 759. The minimum Gasteiger partial charge on any atom is -0.495 e. The summed E-state index contributed by atoms with van der Waals surface area (Å²) in [6.07, 6.45) is 1.32. The van der Waals surface area contributed by atoms with Crippen LogP contribution in [0.4, 0.5) is 5.69 Å². The van der Waals surface area contributed by atoms with Crippen LogP contribution in [0.3, 0.4) is 0 Å². The van der Waals surface area contributed by atoms with Crippen molar-refractivity contribution in [1.82, 2.24) is 4.98 Å². The van der Waals surface area contributed by atoms with E-state index in [0.717, 1.165) is 0 Å². The van der Waals surface area contributed by atoms with Crippen molar-refractivity contribution in [2.75, 3.05) is 11.8 Å². The number of rotatable bonds is 5. The molecule has 0 aliphatic carbocycles. The molecule has 0 radical (unpaired) electrons. The number of nitrogens with one attached hydrogen (secondary N) is 2. The maximum Gasteiger partial charge on any atom is 0.263 e. The first-order valence-corrected chi connectivity index (χ1v) is 8.78. The van der Waals surface area contributed by atoms with Crippen molar-refractivity contribution in [2.45, 2.75) is 11.5 Å². The average Bonchev–Trinajstić information content (AvgIpc) is 2.91. The lowest BCUT2D eigenvalue weighted by Gasteiger charge is -2.11. The molecule has 9 heteroatoms. The van der Waals surface area contributed by atoms with Gasteiger partial charge in [-0.2, -0.15) is 0 Å².